The largest absolute Gasteiger partial charge is 0.325 e. The van der Waals surface area contributed by atoms with Gasteiger partial charge in [0.05, 0.1) is 5.75 Å². The Bertz CT molecular complexity index is 921. The number of rotatable bonds is 5. The van der Waals surface area contributed by atoms with Gasteiger partial charge >= 0.3 is 0 Å². The van der Waals surface area contributed by atoms with Crippen LogP contribution in [0, 0.1) is 19.8 Å². The number of hydrogen-bond donors (Lipinski definition) is 2. The van der Waals surface area contributed by atoms with E-state index in [4.69, 9.17) is 0 Å². The van der Waals surface area contributed by atoms with Crippen molar-refractivity contribution in [3.8, 4) is 0 Å². The standard InChI is InChI=1S/C21H21N3O3S/c1-13-7-6-8-14(2)18(13)22-17(25)12-28-21-23-19(26)16(20(27)24-21)11-15-9-4-3-5-10-15/h3-10,16H,11-12H2,1-2H3,(H,22,25)(H,23,24,26,27). The van der Waals surface area contributed by atoms with Gasteiger partial charge in [0.15, 0.2) is 5.17 Å². The minimum absolute atomic E-state index is 0.0452. The maximum atomic E-state index is 12.3. The summed E-state index contributed by atoms with van der Waals surface area (Å²) in [4.78, 5) is 40.8. The Hall–Kier alpha value is -2.93. The van der Waals surface area contributed by atoms with Gasteiger partial charge in [-0.3, -0.25) is 14.4 Å². The van der Waals surface area contributed by atoms with Gasteiger partial charge in [-0.05, 0) is 37.0 Å². The van der Waals surface area contributed by atoms with Gasteiger partial charge in [0.25, 0.3) is 5.91 Å². The highest BCUT2D eigenvalue weighted by Gasteiger charge is 2.32. The number of thioether (sulfide) groups is 1. The molecule has 2 N–H and O–H groups in total. The number of nitrogens with zero attached hydrogens (tertiary/aromatic N) is 1. The highest BCUT2D eigenvalue weighted by atomic mass is 32.2. The van der Waals surface area contributed by atoms with Gasteiger partial charge in [0, 0.05) is 5.69 Å². The van der Waals surface area contributed by atoms with Crippen LogP contribution < -0.4 is 10.6 Å². The molecule has 1 aliphatic rings. The lowest BCUT2D eigenvalue weighted by atomic mass is 9.97. The minimum atomic E-state index is -0.838. The predicted molar refractivity (Wildman–Crippen MR) is 111 cm³/mol. The van der Waals surface area contributed by atoms with Crippen LogP contribution in [0.4, 0.5) is 5.69 Å². The Kier molecular flexibility index (Phi) is 6.26. The van der Waals surface area contributed by atoms with Crippen LogP contribution in [0.1, 0.15) is 16.7 Å². The zero-order chi connectivity index (χ0) is 20.1. The lowest BCUT2D eigenvalue weighted by Crippen LogP contribution is -2.44. The zero-order valence-corrected chi connectivity index (χ0v) is 16.5. The fraction of sp³-hybridized carbons (Fsp3) is 0.238. The predicted octanol–water partition coefficient (Wildman–Crippen LogP) is 2.85. The van der Waals surface area contributed by atoms with Crippen molar-refractivity contribution >= 4 is 40.3 Å². The van der Waals surface area contributed by atoms with E-state index in [1.807, 2.05) is 62.4 Å². The molecule has 0 fully saturated rings. The molecule has 0 saturated carbocycles. The normalized spacial score (nSPS) is 16.4. The van der Waals surface area contributed by atoms with Crippen molar-refractivity contribution in [1.82, 2.24) is 5.32 Å². The average molecular weight is 395 g/mol. The third-order valence-corrected chi connectivity index (χ3v) is 5.30. The van der Waals surface area contributed by atoms with Gasteiger partial charge in [-0.25, -0.2) is 0 Å². The number of aryl methyl sites for hydroxylation is 2. The maximum Gasteiger partial charge on any atom is 0.261 e. The molecule has 0 radical (unpaired) electrons. The number of amidine groups is 1. The molecular formula is C21H21N3O3S. The molecule has 0 spiro atoms. The Morgan fingerprint density at radius 2 is 1.75 bits per heavy atom. The third kappa shape index (κ3) is 4.86. The first-order valence-corrected chi connectivity index (χ1v) is 9.89. The minimum Gasteiger partial charge on any atom is -0.325 e. The molecule has 7 heteroatoms. The second kappa shape index (κ2) is 8.84. The first kappa shape index (κ1) is 19.8. The van der Waals surface area contributed by atoms with Crippen molar-refractivity contribution in [3.05, 3.63) is 65.2 Å². The van der Waals surface area contributed by atoms with E-state index < -0.39 is 11.8 Å². The van der Waals surface area contributed by atoms with E-state index in [-0.39, 0.29) is 22.7 Å². The van der Waals surface area contributed by atoms with E-state index in [0.29, 0.717) is 6.42 Å². The molecule has 1 heterocycles. The molecule has 0 aliphatic carbocycles. The Balaban J connectivity index is 1.58. The second-order valence-corrected chi connectivity index (χ2v) is 7.55. The topological polar surface area (TPSA) is 87.6 Å². The number of anilines is 1. The van der Waals surface area contributed by atoms with E-state index in [1.165, 1.54) is 0 Å². The highest BCUT2D eigenvalue weighted by molar-refractivity contribution is 8.14. The first-order valence-electron chi connectivity index (χ1n) is 8.90. The van der Waals surface area contributed by atoms with Crippen molar-refractivity contribution in [2.45, 2.75) is 20.3 Å². The Labute approximate surface area is 167 Å². The average Bonchev–Trinajstić information content (AvgIpc) is 2.67. The lowest BCUT2D eigenvalue weighted by Gasteiger charge is -2.19. The van der Waals surface area contributed by atoms with E-state index in [1.54, 1.807) is 0 Å². The number of amides is 3. The number of para-hydroxylation sites is 1. The summed E-state index contributed by atoms with van der Waals surface area (Å²) in [5.41, 5.74) is 3.62. The first-order chi connectivity index (χ1) is 13.4. The van der Waals surface area contributed by atoms with Crippen molar-refractivity contribution < 1.29 is 14.4 Å². The molecule has 0 bridgehead atoms. The van der Waals surface area contributed by atoms with Crippen LogP contribution in [0.2, 0.25) is 0 Å². The molecule has 1 unspecified atom stereocenters. The summed E-state index contributed by atoms with van der Waals surface area (Å²) in [6.07, 6.45) is 0.306. The molecule has 28 heavy (non-hydrogen) atoms. The fourth-order valence-electron chi connectivity index (χ4n) is 2.93. The van der Waals surface area contributed by atoms with Crippen LogP contribution in [0.25, 0.3) is 0 Å². The van der Waals surface area contributed by atoms with Crippen LogP contribution in [-0.4, -0.2) is 28.6 Å². The molecule has 1 aliphatic heterocycles. The summed E-state index contributed by atoms with van der Waals surface area (Å²) in [5, 5.41) is 5.66. The molecule has 6 nitrogen and oxygen atoms in total. The smallest absolute Gasteiger partial charge is 0.261 e. The monoisotopic (exact) mass is 395 g/mol. The van der Waals surface area contributed by atoms with E-state index in [9.17, 15) is 14.4 Å². The van der Waals surface area contributed by atoms with Gasteiger partial charge in [-0.1, -0.05) is 60.3 Å². The number of carbonyl (C=O) groups is 3. The van der Waals surface area contributed by atoms with E-state index in [2.05, 4.69) is 15.6 Å². The lowest BCUT2D eigenvalue weighted by molar-refractivity contribution is -0.133. The summed E-state index contributed by atoms with van der Waals surface area (Å²) >= 11 is 1.04. The summed E-state index contributed by atoms with van der Waals surface area (Å²) < 4.78 is 0. The Morgan fingerprint density at radius 3 is 2.39 bits per heavy atom. The van der Waals surface area contributed by atoms with Crippen LogP contribution in [0.15, 0.2) is 53.5 Å². The molecule has 0 saturated heterocycles. The fourth-order valence-corrected chi connectivity index (χ4v) is 3.60. The number of aliphatic imine (C=N–C) groups is 1. The summed E-state index contributed by atoms with van der Waals surface area (Å²) in [5.74, 6) is -1.89. The van der Waals surface area contributed by atoms with Crippen molar-refractivity contribution in [2.24, 2.45) is 10.9 Å². The summed E-state index contributed by atoms with van der Waals surface area (Å²) in [7, 11) is 0. The number of nitrogens with one attached hydrogen (secondary N) is 2. The molecule has 2 aromatic rings. The molecule has 1 atom stereocenters. The van der Waals surface area contributed by atoms with Crippen LogP contribution in [0.3, 0.4) is 0 Å². The van der Waals surface area contributed by atoms with Crippen LogP contribution >= 0.6 is 11.8 Å². The van der Waals surface area contributed by atoms with E-state index in [0.717, 1.165) is 34.1 Å². The van der Waals surface area contributed by atoms with Crippen LogP contribution in [-0.2, 0) is 20.8 Å². The van der Waals surface area contributed by atoms with Crippen LogP contribution in [0.5, 0.6) is 0 Å². The van der Waals surface area contributed by atoms with Gasteiger partial charge in [0.2, 0.25) is 11.8 Å². The molecule has 2 aromatic carbocycles. The SMILES string of the molecule is Cc1cccc(C)c1NC(=O)CSC1=NC(=O)C(Cc2ccccc2)C(=O)N1. The molecule has 0 aromatic heterocycles. The molecular weight excluding hydrogens is 374 g/mol. The second-order valence-electron chi connectivity index (χ2n) is 6.59. The maximum absolute atomic E-state index is 12.3. The van der Waals surface area contributed by atoms with Crippen molar-refractivity contribution in [1.29, 1.82) is 0 Å². The van der Waals surface area contributed by atoms with E-state index >= 15 is 0 Å². The highest BCUT2D eigenvalue weighted by Crippen LogP contribution is 2.20. The zero-order valence-electron chi connectivity index (χ0n) is 15.7. The molecule has 3 amide bonds. The Morgan fingerprint density at radius 1 is 1.07 bits per heavy atom. The number of carbonyl (C=O) groups excluding carboxylic acids is 3. The summed E-state index contributed by atoms with van der Waals surface area (Å²) in [6, 6.07) is 15.1. The summed E-state index contributed by atoms with van der Waals surface area (Å²) in [6.45, 7) is 3.85. The van der Waals surface area contributed by atoms with Gasteiger partial charge in [-0.2, -0.15) is 4.99 Å². The molecule has 144 valence electrons. The van der Waals surface area contributed by atoms with Gasteiger partial charge in [0.1, 0.15) is 5.92 Å². The van der Waals surface area contributed by atoms with Gasteiger partial charge in [-0.15, -0.1) is 0 Å². The quantitative estimate of drug-likeness (QED) is 0.762. The third-order valence-electron chi connectivity index (χ3n) is 4.42. The molecule has 3 rings (SSSR count). The van der Waals surface area contributed by atoms with Crippen molar-refractivity contribution in [2.75, 3.05) is 11.1 Å². The number of benzene rings is 2. The van der Waals surface area contributed by atoms with Crippen molar-refractivity contribution in [3.63, 3.8) is 0 Å². The number of hydrogen-bond acceptors (Lipinski definition) is 4. The van der Waals surface area contributed by atoms with Gasteiger partial charge < -0.3 is 10.6 Å².